The molecule has 2 aromatic carbocycles. The number of benzene rings is 2. The van der Waals surface area contributed by atoms with Gasteiger partial charge >= 0.3 is 0 Å². The van der Waals surface area contributed by atoms with Crippen LogP contribution in [-0.4, -0.2) is 31.1 Å². The first kappa shape index (κ1) is 21.0. The predicted octanol–water partition coefficient (Wildman–Crippen LogP) is 3.69. The standard InChI is InChI=1S/C24H23FN4OS/c25-19-6-3-16(4-7-19)17-5-8-23(18(12-17)14-26)29-10-9-20(15-29)28-24(30)22(27)13-21-2-1-11-31-21/h1-8,11-12,20,22H,9-10,13,15,27H2,(H,28,30)/t20-,22-/m0/s1. The lowest BCUT2D eigenvalue weighted by Gasteiger charge is -2.21. The van der Waals surface area contributed by atoms with Gasteiger partial charge in [0.2, 0.25) is 5.91 Å². The van der Waals surface area contributed by atoms with Crippen molar-refractivity contribution in [3.63, 3.8) is 0 Å². The second kappa shape index (κ2) is 9.29. The van der Waals surface area contributed by atoms with Crippen LogP contribution in [-0.2, 0) is 11.2 Å². The number of thiophene rings is 1. The number of anilines is 1. The van der Waals surface area contributed by atoms with Crippen LogP contribution in [0.3, 0.4) is 0 Å². The molecule has 2 atom stereocenters. The number of amides is 1. The number of nitrogens with two attached hydrogens (primary N) is 1. The Labute approximate surface area is 184 Å². The van der Waals surface area contributed by atoms with Crippen LogP contribution in [0, 0.1) is 17.1 Å². The molecule has 0 unspecified atom stereocenters. The van der Waals surface area contributed by atoms with Gasteiger partial charge in [-0.1, -0.05) is 24.3 Å². The first-order valence-corrected chi connectivity index (χ1v) is 11.0. The van der Waals surface area contributed by atoms with E-state index in [1.165, 1.54) is 12.1 Å². The van der Waals surface area contributed by atoms with Crippen LogP contribution in [0.25, 0.3) is 11.1 Å². The molecule has 0 radical (unpaired) electrons. The van der Waals surface area contributed by atoms with Crippen molar-refractivity contribution < 1.29 is 9.18 Å². The Morgan fingerprint density at radius 2 is 2.03 bits per heavy atom. The fraction of sp³-hybridized carbons (Fsp3) is 0.250. The number of nitriles is 1. The van der Waals surface area contributed by atoms with Crippen molar-refractivity contribution in [1.82, 2.24) is 5.32 Å². The summed E-state index contributed by atoms with van der Waals surface area (Å²) < 4.78 is 13.2. The van der Waals surface area contributed by atoms with Gasteiger partial charge in [-0.2, -0.15) is 5.26 Å². The van der Waals surface area contributed by atoms with Gasteiger partial charge in [-0.25, -0.2) is 4.39 Å². The van der Waals surface area contributed by atoms with Crippen molar-refractivity contribution >= 4 is 22.9 Å². The van der Waals surface area contributed by atoms with E-state index in [0.29, 0.717) is 18.5 Å². The summed E-state index contributed by atoms with van der Waals surface area (Å²) in [6.07, 6.45) is 1.32. The number of hydrogen-bond acceptors (Lipinski definition) is 5. The highest BCUT2D eigenvalue weighted by Crippen LogP contribution is 2.29. The Hall–Kier alpha value is -3.21. The highest BCUT2D eigenvalue weighted by atomic mass is 32.1. The summed E-state index contributed by atoms with van der Waals surface area (Å²) in [6, 6.07) is 17.5. The highest BCUT2D eigenvalue weighted by molar-refractivity contribution is 7.09. The first-order valence-electron chi connectivity index (χ1n) is 10.2. The fourth-order valence-electron chi connectivity index (χ4n) is 3.87. The number of carbonyl (C=O) groups excluding carboxylic acids is 1. The normalized spacial score (nSPS) is 16.7. The Kier molecular flexibility index (Phi) is 6.31. The van der Waals surface area contributed by atoms with E-state index < -0.39 is 6.04 Å². The molecule has 7 heteroatoms. The minimum Gasteiger partial charge on any atom is -0.368 e. The van der Waals surface area contributed by atoms with E-state index in [2.05, 4.69) is 16.3 Å². The number of nitrogens with zero attached hydrogens (tertiary/aromatic N) is 2. The summed E-state index contributed by atoms with van der Waals surface area (Å²) in [6.45, 7) is 1.37. The maximum Gasteiger partial charge on any atom is 0.237 e. The molecule has 31 heavy (non-hydrogen) atoms. The lowest BCUT2D eigenvalue weighted by atomic mass is 10.0. The van der Waals surface area contributed by atoms with Crippen LogP contribution in [0.2, 0.25) is 0 Å². The van der Waals surface area contributed by atoms with Gasteiger partial charge < -0.3 is 16.0 Å². The van der Waals surface area contributed by atoms with E-state index in [0.717, 1.165) is 34.7 Å². The van der Waals surface area contributed by atoms with E-state index in [9.17, 15) is 14.4 Å². The second-order valence-electron chi connectivity index (χ2n) is 7.68. The average Bonchev–Trinajstić information content (AvgIpc) is 3.46. The van der Waals surface area contributed by atoms with Crippen LogP contribution in [0.4, 0.5) is 10.1 Å². The van der Waals surface area contributed by atoms with Gasteiger partial charge in [0.1, 0.15) is 11.9 Å². The zero-order chi connectivity index (χ0) is 21.8. The van der Waals surface area contributed by atoms with Crippen molar-refractivity contribution in [1.29, 1.82) is 5.26 Å². The molecule has 2 heterocycles. The molecule has 1 aliphatic rings. The highest BCUT2D eigenvalue weighted by Gasteiger charge is 2.27. The van der Waals surface area contributed by atoms with Gasteiger partial charge in [-0.15, -0.1) is 11.3 Å². The van der Waals surface area contributed by atoms with E-state index in [1.807, 2.05) is 35.7 Å². The number of hydrogen-bond donors (Lipinski definition) is 2. The van der Waals surface area contributed by atoms with Crippen LogP contribution in [0.5, 0.6) is 0 Å². The van der Waals surface area contributed by atoms with Crippen molar-refractivity contribution in [3.05, 3.63) is 76.2 Å². The van der Waals surface area contributed by atoms with Gasteiger partial charge in [-0.05, 0) is 53.3 Å². The molecule has 0 aliphatic carbocycles. The average molecular weight is 435 g/mol. The second-order valence-corrected chi connectivity index (χ2v) is 8.71. The Morgan fingerprint density at radius 1 is 1.26 bits per heavy atom. The summed E-state index contributed by atoms with van der Waals surface area (Å²) in [5, 5.41) is 14.7. The molecule has 158 valence electrons. The Balaban J connectivity index is 1.41. The van der Waals surface area contributed by atoms with Crippen molar-refractivity contribution in [3.8, 4) is 17.2 Å². The summed E-state index contributed by atoms with van der Waals surface area (Å²) in [5.74, 6) is -0.437. The van der Waals surface area contributed by atoms with E-state index >= 15 is 0 Å². The predicted molar refractivity (Wildman–Crippen MR) is 121 cm³/mol. The summed E-state index contributed by atoms with van der Waals surface area (Å²) >= 11 is 1.60. The third kappa shape index (κ3) is 4.93. The molecule has 1 saturated heterocycles. The maximum atomic E-state index is 13.2. The molecule has 4 rings (SSSR count). The maximum absolute atomic E-state index is 13.2. The molecule has 5 nitrogen and oxygen atoms in total. The van der Waals surface area contributed by atoms with Crippen molar-refractivity contribution in [2.24, 2.45) is 5.73 Å². The molecule has 0 bridgehead atoms. The monoisotopic (exact) mass is 434 g/mol. The third-order valence-corrected chi connectivity index (χ3v) is 6.41. The van der Waals surface area contributed by atoms with Crippen LogP contribution in [0.15, 0.2) is 60.0 Å². The lowest BCUT2D eigenvalue weighted by Crippen LogP contribution is -2.47. The number of nitrogens with one attached hydrogen (secondary N) is 1. The van der Waals surface area contributed by atoms with Crippen LogP contribution >= 0.6 is 11.3 Å². The van der Waals surface area contributed by atoms with Crippen LogP contribution in [0.1, 0.15) is 16.9 Å². The zero-order valence-electron chi connectivity index (χ0n) is 16.9. The minimum absolute atomic E-state index is 0.00907. The molecular weight excluding hydrogens is 411 g/mol. The topological polar surface area (TPSA) is 82.2 Å². The first-order chi connectivity index (χ1) is 15.0. The van der Waals surface area contributed by atoms with Gasteiger partial charge in [-0.3, -0.25) is 4.79 Å². The molecule has 1 aliphatic heterocycles. The smallest absolute Gasteiger partial charge is 0.237 e. The molecule has 0 spiro atoms. The SMILES string of the molecule is N#Cc1cc(-c2ccc(F)cc2)ccc1N1CC[C@H](NC(=O)[C@@H](N)Cc2cccs2)C1. The number of halogens is 1. The number of carbonyl (C=O) groups is 1. The van der Waals surface area contributed by atoms with Gasteiger partial charge in [0.25, 0.3) is 0 Å². The quantitative estimate of drug-likeness (QED) is 0.620. The fourth-order valence-corrected chi connectivity index (χ4v) is 4.63. The molecule has 0 saturated carbocycles. The van der Waals surface area contributed by atoms with Crippen molar-refractivity contribution in [2.45, 2.75) is 24.9 Å². The van der Waals surface area contributed by atoms with Gasteiger partial charge in [0, 0.05) is 30.4 Å². The lowest BCUT2D eigenvalue weighted by molar-refractivity contribution is -0.122. The summed E-state index contributed by atoms with van der Waals surface area (Å²) in [5.41, 5.74) is 9.19. The molecule has 3 aromatic rings. The molecular formula is C24H23FN4OS. The summed E-state index contributed by atoms with van der Waals surface area (Å²) in [4.78, 5) is 15.7. The number of rotatable bonds is 6. The largest absolute Gasteiger partial charge is 0.368 e. The Bertz CT molecular complexity index is 1090. The van der Waals surface area contributed by atoms with E-state index in [-0.39, 0.29) is 17.8 Å². The van der Waals surface area contributed by atoms with Crippen LogP contribution < -0.4 is 16.0 Å². The molecule has 1 amide bonds. The van der Waals surface area contributed by atoms with E-state index in [1.54, 1.807) is 23.5 Å². The summed E-state index contributed by atoms with van der Waals surface area (Å²) in [7, 11) is 0. The zero-order valence-corrected chi connectivity index (χ0v) is 17.7. The Morgan fingerprint density at radius 3 is 2.74 bits per heavy atom. The molecule has 3 N–H and O–H groups in total. The third-order valence-electron chi connectivity index (χ3n) is 5.51. The van der Waals surface area contributed by atoms with E-state index in [4.69, 9.17) is 5.73 Å². The van der Waals surface area contributed by atoms with Gasteiger partial charge in [0.05, 0.1) is 17.3 Å². The molecule has 1 aromatic heterocycles. The molecule has 1 fully saturated rings. The minimum atomic E-state index is -0.572. The van der Waals surface area contributed by atoms with Gasteiger partial charge in [0.15, 0.2) is 0 Å². The van der Waals surface area contributed by atoms with Crippen molar-refractivity contribution in [2.75, 3.05) is 18.0 Å².